The normalized spacial score (nSPS) is 10.7. The Morgan fingerprint density at radius 1 is 0.914 bits per heavy atom. The Kier molecular flexibility index (Phi) is 9.70. The Morgan fingerprint density at radius 3 is 2.29 bits per heavy atom. The molecule has 2 N–H and O–H groups in total. The minimum absolute atomic E-state index is 0.220. The number of ether oxygens (including phenoxy) is 3. The highest BCUT2D eigenvalue weighted by molar-refractivity contribution is 9.11. The molecule has 2 amide bonds. The smallest absolute Gasteiger partial charge is 0.329 e. The average molecular weight is 670 g/mol. The van der Waals surface area contributed by atoms with Gasteiger partial charge in [0, 0.05) is 10.0 Å². The summed E-state index contributed by atoms with van der Waals surface area (Å²) in [4.78, 5) is 24.3. The van der Waals surface area contributed by atoms with Crippen molar-refractivity contribution in [1.82, 2.24) is 5.43 Å². The summed E-state index contributed by atoms with van der Waals surface area (Å²) in [5.41, 5.74) is 4.02. The second kappa shape index (κ2) is 12.7. The van der Waals surface area contributed by atoms with Gasteiger partial charge in [-0.25, -0.2) is 5.43 Å². The number of rotatable bonds is 8. The van der Waals surface area contributed by atoms with Crippen LogP contribution in [-0.4, -0.2) is 32.2 Å². The molecule has 0 heterocycles. The lowest BCUT2D eigenvalue weighted by Crippen LogP contribution is -2.32. The number of halogens is 3. The van der Waals surface area contributed by atoms with E-state index < -0.39 is 11.8 Å². The van der Waals surface area contributed by atoms with Gasteiger partial charge in [-0.05, 0) is 79.9 Å². The highest BCUT2D eigenvalue weighted by atomic mass is 79.9. The number of carbonyl (C=O) groups excluding carboxylic acids is 2. The maximum Gasteiger partial charge on any atom is 0.329 e. The van der Waals surface area contributed by atoms with E-state index in [1.807, 2.05) is 18.2 Å². The summed E-state index contributed by atoms with van der Waals surface area (Å²) in [6.07, 6.45) is 1.42. The van der Waals surface area contributed by atoms with Gasteiger partial charge in [-0.2, -0.15) is 5.10 Å². The highest BCUT2D eigenvalue weighted by Crippen LogP contribution is 2.37. The molecule has 0 saturated heterocycles. The van der Waals surface area contributed by atoms with Crippen molar-refractivity contribution >= 4 is 71.5 Å². The van der Waals surface area contributed by atoms with Gasteiger partial charge in [0.2, 0.25) is 0 Å². The van der Waals surface area contributed by atoms with Gasteiger partial charge in [0.25, 0.3) is 0 Å². The molecule has 0 saturated carbocycles. The van der Waals surface area contributed by atoms with Crippen molar-refractivity contribution < 1.29 is 23.8 Å². The quantitative estimate of drug-likeness (QED) is 0.183. The largest absolute Gasteiger partial charge is 0.496 e. The predicted octanol–water partition coefficient (Wildman–Crippen LogP) is 5.66. The minimum atomic E-state index is -0.922. The maximum absolute atomic E-state index is 12.2. The molecule has 0 radical (unpaired) electrons. The van der Waals surface area contributed by atoms with E-state index in [-0.39, 0.29) is 6.61 Å². The fourth-order valence-electron chi connectivity index (χ4n) is 2.95. The van der Waals surface area contributed by atoms with Crippen molar-refractivity contribution in [1.29, 1.82) is 0 Å². The maximum atomic E-state index is 12.2. The van der Waals surface area contributed by atoms with E-state index in [4.69, 9.17) is 14.2 Å². The number of hydrogen-bond donors (Lipinski definition) is 2. The SMILES string of the molecule is COc1ccc(/C=N/NC(=O)C(=O)Nc2ccccc2OC)cc1COc1c(Br)cc(Br)cc1Br. The molecule has 35 heavy (non-hydrogen) atoms. The van der Waals surface area contributed by atoms with Crippen LogP contribution in [0.1, 0.15) is 11.1 Å². The van der Waals surface area contributed by atoms with Gasteiger partial charge in [0.05, 0.1) is 35.1 Å². The Labute approximate surface area is 227 Å². The molecule has 0 unspecified atom stereocenters. The molecule has 3 aromatic carbocycles. The molecule has 0 spiro atoms. The molecule has 0 aromatic heterocycles. The molecule has 0 fully saturated rings. The standard InChI is InChI=1S/C24H20Br3N3O5/c1-33-20-8-7-14(9-15(20)13-35-22-17(26)10-16(25)11-18(22)27)12-28-30-24(32)23(31)29-19-5-3-4-6-21(19)34-2/h3-12H,13H2,1-2H3,(H,29,31)(H,30,32)/b28-12+. The molecule has 0 aliphatic rings. The minimum Gasteiger partial charge on any atom is -0.496 e. The van der Waals surface area contributed by atoms with Gasteiger partial charge in [0.15, 0.2) is 0 Å². The van der Waals surface area contributed by atoms with Crippen LogP contribution in [-0.2, 0) is 16.2 Å². The van der Waals surface area contributed by atoms with Crippen LogP contribution in [0.3, 0.4) is 0 Å². The second-order valence-corrected chi connectivity index (χ2v) is 9.54. The number of nitrogens with one attached hydrogen (secondary N) is 2. The first-order valence-electron chi connectivity index (χ1n) is 10.0. The van der Waals surface area contributed by atoms with E-state index in [1.54, 1.807) is 43.5 Å². The summed E-state index contributed by atoms with van der Waals surface area (Å²) in [6, 6.07) is 15.9. The zero-order valence-corrected chi connectivity index (χ0v) is 23.4. The summed E-state index contributed by atoms with van der Waals surface area (Å²) in [6.45, 7) is 0.220. The van der Waals surface area contributed by atoms with Crippen LogP contribution in [0.2, 0.25) is 0 Å². The van der Waals surface area contributed by atoms with Gasteiger partial charge in [0.1, 0.15) is 23.9 Å². The summed E-state index contributed by atoms with van der Waals surface area (Å²) in [5.74, 6) is -0.0861. The molecular weight excluding hydrogens is 650 g/mol. The summed E-state index contributed by atoms with van der Waals surface area (Å²) in [5, 5.41) is 6.37. The number of amides is 2. The lowest BCUT2D eigenvalue weighted by Gasteiger charge is -2.13. The van der Waals surface area contributed by atoms with E-state index in [9.17, 15) is 9.59 Å². The van der Waals surface area contributed by atoms with Gasteiger partial charge < -0.3 is 19.5 Å². The fourth-order valence-corrected chi connectivity index (χ4v) is 5.44. The van der Waals surface area contributed by atoms with Crippen LogP contribution in [0.25, 0.3) is 0 Å². The molecular formula is C24H20Br3N3O5. The second-order valence-electron chi connectivity index (χ2n) is 6.91. The van der Waals surface area contributed by atoms with Crippen LogP contribution >= 0.6 is 47.8 Å². The zero-order chi connectivity index (χ0) is 25.4. The first kappa shape index (κ1) is 26.7. The van der Waals surface area contributed by atoms with E-state index in [0.717, 1.165) is 19.0 Å². The summed E-state index contributed by atoms with van der Waals surface area (Å²) < 4.78 is 19.0. The Hall–Kier alpha value is -2.89. The monoisotopic (exact) mass is 667 g/mol. The fraction of sp³-hybridized carbons (Fsp3) is 0.125. The Morgan fingerprint density at radius 2 is 1.60 bits per heavy atom. The number of para-hydroxylation sites is 2. The summed E-state index contributed by atoms with van der Waals surface area (Å²) in [7, 11) is 3.04. The number of methoxy groups -OCH3 is 2. The number of hydrazone groups is 1. The molecule has 0 atom stereocenters. The van der Waals surface area contributed by atoms with E-state index in [1.165, 1.54) is 13.3 Å². The van der Waals surface area contributed by atoms with Crippen molar-refractivity contribution in [2.45, 2.75) is 6.61 Å². The number of benzene rings is 3. The van der Waals surface area contributed by atoms with Crippen LogP contribution in [0.15, 0.2) is 73.1 Å². The van der Waals surface area contributed by atoms with Crippen molar-refractivity contribution in [3.8, 4) is 17.2 Å². The third-order valence-corrected chi connectivity index (χ3v) is 6.22. The molecule has 11 heteroatoms. The van der Waals surface area contributed by atoms with E-state index in [2.05, 4.69) is 63.6 Å². The molecule has 182 valence electrons. The van der Waals surface area contributed by atoms with Crippen molar-refractivity contribution in [2.75, 3.05) is 19.5 Å². The van der Waals surface area contributed by atoms with E-state index >= 15 is 0 Å². The Balaban J connectivity index is 1.65. The van der Waals surface area contributed by atoms with Gasteiger partial charge in [-0.3, -0.25) is 9.59 Å². The van der Waals surface area contributed by atoms with E-state index in [0.29, 0.717) is 28.5 Å². The van der Waals surface area contributed by atoms with Crippen molar-refractivity contribution in [3.05, 3.63) is 79.1 Å². The van der Waals surface area contributed by atoms with Crippen molar-refractivity contribution in [3.63, 3.8) is 0 Å². The molecule has 3 aromatic rings. The molecule has 0 bridgehead atoms. The Bertz CT molecular complexity index is 1240. The first-order valence-corrected chi connectivity index (χ1v) is 12.4. The highest BCUT2D eigenvalue weighted by Gasteiger charge is 2.15. The zero-order valence-electron chi connectivity index (χ0n) is 18.6. The lowest BCUT2D eigenvalue weighted by molar-refractivity contribution is -0.136. The first-order chi connectivity index (χ1) is 16.8. The number of anilines is 1. The lowest BCUT2D eigenvalue weighted by atomic mass is 10.1. The van der Waals surface area contributed by atoms with Gasteiger partial charge in [-0.15, -0.1) is 0 Å². The topological polar surface area (TPSA) is 98.2 Å². The van der Waals surface area contributed by atoms with Gasteiger partial charge >= 0.3 is 11.8 Å². The average Bonchev–Trinajstić information content (AvgIpc) is 2.83. The molecule has 0 aliphatic carbocycles. The van der Waals surface area contributed by atoms with Gasteiger partial charge in [-0.1, -0.05) is 28.1 Å². The van der Waals surface area contributed by atoms with Crippen molar-refractivity contribution in [2.24, 2.45) is 5.10 Å². The van der Waals surface area contributed by atoms with Crippen LogP contribution in [0.5, 0.6) is 17.2 Å². The number of carbonyl (C=O) groups is 2. The number of hydrogen-bond acceptors (Lipinski definition) is 6. The number of nitrogens with zero attached hydrogens (tertiary/aromatic N) is 1. The third-order valence-electron chi connectivity index (χ3n) is 4.58. The molecule has 8 nitrogen and oxygen atoms in total. The van der Waals surface area contributed by atoms with Crippen LogP contribution in [0.4, 0.5) is 5.69 Å². The van der Waals surface area contributed by atoms with Crippen LogP contribution < -0.4 is 25.0 Å². The third kappa shape index (κ3) is 7.30. The summed E-state index contributed by atoms with van der Waals surface area (Å²) >= 11 is 10.4. The molecule has 3 rings (SSSR count). The van der Waals surface area contributed by atoms with Crippen LogP contribution in [0, 0.1) is 0 Å². The predicted molar refractivity (Wildman–Crippen MR) is 144 cm³/mol. The molecule has 0 aliphatic heterocycles.